The van der Waals surface area contributed by atoms with Crippen LogP contribution in [0.15, 0.2) is 170 Å². The fraction of sp³-hybridized carbons (Fsp3) is 0. The summed E-state index contributed by atoms with van der Waals surface area (Å²) in [5.74, 6) is 0. The summed E-state index contributed by atoms with van der Waals surface area (Å²) in [6, 6.07) is 62.2. The number of benzene rings is 4. The van der Waals surface area contributed by atoms with Crippen LogP contribution in [0.5, 0.6) is 0 Å². The van der Waals surface area contributed by atoms with Gasteiger partial charge in [-0.05, 0) is 70.8 Å². The van der Waals surface area contributed by atoms with Crippen molar-refractivity contribution < 1.29 is 0 Å². The predicted octanol–water partition coefficient (Wildman–Crippen LogP) is 9.45. The molecular formula is C40H28N4Si. The molecule has 0 unspecified atom stereocenters. The molecule has 4 aromatic heterocycles. The Hall–Kier alpha value is -5.78. The largest absolute Gasteiger partial charge is 0.522 e. The highest BCUT2D eigenvalue weighted by molar-refractivity contribution is 6.79. The monoisotopic (exact) mass is 592 g/mol. The van der Waals surface area contributed by atoms with E-state index in [0.717, 1.165) is 0 Å². The quantitative estimate of drug-likeness (QED) is 0.181. The lowest BCUT2D eigenvalue weighted by molar-refractivity contribution is 0.916. The normalized spacial score (nSPS) is 13.5. The third kappa shape index (κ3) is 3.15. The lowest BCUT2D eigenvalue weighted by Gasteiger charge is -2.35. The van der Waals surface area contributed by atoms with Crippen LogP contribution in [0.25, 0.3) is 67.8 Å². The lowest BCUT2D eigenvalue weighted by Crippen LogP contribution is -2.60. The fourth-order valence-corrected chi connectivity index (χ4v) is 13.1. The van der Waals surface area contributed by atoms with Gasteiger partial charge in [0, 0.05) is 22.8 Å². The molecule has 0 bridgehead atoms. The Labute approximate surface area is 262 Å². The van der Waals surface area contributed by atoms with Gasteiger partial charge in [0.1, 0.15) is 0 Å². The summed E-state index contributed by atoms with van der Waals surface area (Å²) in [6.07, 6.45) is 0. The van der Waals surface area contributed by atoms with Crippen LogP contribution in [-0.4, -0.2) is 25.7 Å². The number of nitrogens with zero attached hydrogens (tertiary/aromatic N) is 4. The second-order valence-corrected chi connectivity index (χ2v) is 14.8. The molecule has 2 aliphatic heterocycles. The molecular weight excluding hydrogens is 565 g/mol. The third-order valence-electron chi connectivity index (χ3n) is 9.53. The molecule has 5 heteroatoms. The van der Waals surface area contributed by atoms with Crippen molar-refractivity contribution >= 4 is 8.72 Å². The first kappa shape index (κ1) is 24.6. The summed E-state index contributed by atoms with van der Waals surface area (Å²) >= 11 is 0. The van der Waals surface area contributed by atoms with Crippen molar-refractivity contribution in [2.45, 2.75) is 0 Å². The van der Waals surface area contributed by atoms with Gasteiger partial charge in [0.05, 0.1) is 22.8 Å². The van der Waals surface area contributed by atoms with E-state index >= 15 is 0 Å². The molecule has 0 aliphatic carbocycles. The lowest BCUT2D eigenvalue weighted by atomic mass is 10.2. The summed E-state index contributed by atoms with van der Waals surface area (Å²) in [4.78, 5) is 0. The van der Waals surface area contributed by atoms with E-state index in [4.69, 9.17) is 0 Å². The fourth-order valence-electron chi connectivity index (χ4n) is 7.78. The first-order valence-electron chi connectivity index (χ1n) is 15.5. The highest BCUT2D eigenvalue weighted by Gasteiger charge is 2.61. The average Bonchev–Trinajstić information content (AvgIpc) is 3.94. The summed E-state index contributed by atoms with van der Waals surface area (Å²) in [7, 11) is -3.19. The van der Waals surface area contributed by atoms with Crippen LogP contribution >= 0.6 is 0 Å². The van der Waals surface area contributed by atoms with Crippen molar-refractivity contribution in [2.24, 2.45) is 0 Å². The Morgan fingerprint density at radius 3 is 0.644 bits per heavy atom. The Kier molecular flexibility index (Phi) is 4.99. The van der Waals surface area contributed by atoms with Gasteiger partial charge < -0.3 is 16.9 Å². The van der Waals surface area contributed by atoms with E-state index in [1.165, 1.54) is 67.8 Å². The summed E-state index contributed by atoms with van der Waals surface area (Å²) in [5.41, 5.74) is 14.8. The van der Waals surface area contributed by atoms with Crippen molar-refractivity contribution in [3.8, 4) is 67.8 Å². The van der Waals surface area contributed by atoms with E-state index in [0.29, 0.717) is 0 Å². The van der Waals surface area contributed by atoms with Crippen molar-refractivity contribution in [1.82, 2.24) is 16.9 Å². The van der Waals surface area contributed by atoms with Gasteiger partial charge in [-0.25, -0.2) is 0 Å². The molecule has 0 amide bonds. The van der Waals surface area contributed by atoms with E-state index in [9.17, 15) is 0 Å². The molecule has 0 radical (unpaired) electrons. The summed E-state index contributed by atoms with van der Waals surface area (Å²) < 4.78 is 10.8. The van der Waals surface area contributed by atoms with Crippen LogP contribution in [-0.2, 0) is 0 Å². The first-order valence-corrected chi connectivity index (χ1v) is 17.3. The molecule has 6 heterocycles. The van der Waals surface area contributed by atoms with Gasteiger partial charge in [0.15, 0.2) is 0 Å². The standard InChI is InChI=1S/C40H28N4Si/c1-5-13-29(14-6-1)33-21-25-37-38-26-22-34(30-15-7-2-8-16-30)42(38)45(41(33)37)43-35(31-17-9-3-10-18-31)23-27-39(43)40-28-24-36(44(40)45)32-19-11-4-12-20-32/h1-28H. The smallest absolute Gasteiger partial charge is 0.313 e. The highest BCUT2D eigenvalue weighted by Crippen LogP contribution is 2.52. The maximum atomic E-state index is 2.71. The van der Waals surface area contributed by atoms with Gasteiger partial charge in [0.25, 0.3) is 0 Å². The second-order valence-electron chi connectivity index (χ2n) is 11.8. The zero-order chi connectivity index (χ0) is 29.5. The van der Waals surface area contributed by atoms with Gasteiger partial charge in [-0.2, -0.15) is 0 Å². The minimum Gasteiger partial charge on any atom is -0.313 e. The Bertz CT molecular complexity index is 2020. The number of aromatic nitrogens is 4. The van der Waals surface area contributed by atoms with Crippen LogP contribution in [0.2, 0.25) is 0 Å². The van der Waals surface area contributed by atoms with E-state index in [-0.39, 0.29) is 0 Å². The van der Waals surface area contributed by atoms with Gasteiger partial charge >= 0.3 is 8.72 Å². The van der Waals surface area contributed by atoms with Crippen LogP contribution < -0.4 is 0 Å². The highest BCUT2D eigenvalue weighted by atomic mass is 28.4. The van der Waals surface area contributed by atoms with Crippen molar-refractivity contribution in [3.05, 3.63) is 170 Å². The molecule has 45 heavy (non-hydrogen) atoms. The van der Waals surface area contributed by atoms with Crippen molar-refractivity contribution in [3.63, 3.8) is 0 Å². The Morgan fingerprint density at radius 2 is 0.422 bits per heavy atom. The molecule has 2 aliphatic rings. The van der Waals surface area contributed by atoms with E-state index < -0.39 is 8.72 Å². The van der Waals surface area contributed by atoms with Crippen molar-refractivity contribution in [1.29, 1.82) is 0 Å². The van der Waals surface area contributed by atoms with Crippen LogP contribution in [0.4, 0.5) is 0 Å². The predicted molar refractivity (Wildman–Crippen MR) is 185 cm³/mol. The molecule has 10 rings (SSSR count). The van der Waals surface area contributed by atoms with Crippen molar-refractivity contribution in [2.75, 3.05) is 0 Å². The van der Waals surface area contributed by atoms with E-state index in [2.05, 4.69) is 187 Å². The molecule has 1 spiro atoms. The zero-order valence-electron chi connectivity index (χ0n) is 24.5. The van der Waals surface area contributed by atoms with E-state index in [1.54, 1.807) is 0 Å². The maximum Gasteiger partial charge on any atom is 0.522 e. The number of rotatable bonds is 4. The molecule has 212 valence electrons. The molecule has 4 aromatic carbocycles. The minimum absolute atomic E-state index is 1.22. The molecule has 8 aromatic rings. The average molecular weight is 593 g/mol. The third-order valence-corrected chi connectivity index (χ3v) is 13.9. The SMILES string of the molecule is c1ccc(-c2ccc3n2[Si]2(n4c(-c5ccccc5)ccc4-3)n3c(-c4ccccc4)ccc3-c3ccc(-c4ccccc4)n32)cc1. The number of hydrogen-bond acceptors (Lipinski definition) is 0. The zero-order valence-corrected chi connectivity index (χ0v) is 25.5. The van der Waals surface area contributed by atoms with Gasteiger partial charge in [0.2, 0.25) is 0 Å². The summed E-state index contributed by atoms with van der Waals surface area (Å²) in [6.45, 7) is 0. The molecule has 0 fully saturated rings. The van der Waals surface area contributed by atoms with Gasteiger partial charge in [-0.3, -0.25) is 0 Å². The summed E-state index contributed by atoms with van der Waals surface area (Å²) in [5, 5.41) is 0. The topological polar surface area (TPSA) is 19.7 Å². The maximum absolute atomic E-state index is 3.19. The molecule has 0 N–H and O–H groups in total. The first-order chi connectivity index (χ1) is 22.4. The molecule has 0 saturated heterocycles. The van der Waals surface area contributed by atoms with Crippen LogP contribution in [0.1, 0.15) is 0 Å². The Balaban J connectivity index is 1.42. The van der Waals surface area contributed by atoms with Crippen LogP contribution in [0.3, 0.4) is 0 Å². The molecule has 0 atom stereocenters. The number of hydrogen-bond donors (Lipinski definition) is 0. The van der Waals surface area contributed by atoms with Crippen LogP contribution in [0, 0.1) is 0 Å². The second kappa shape index (κ2) is 9.11. The van der Waals surface area contributed by atoms with E-state index in [1.807, 2.05) is 0 Å². The van der Waals surface area contributed by atoms with Gasteiger partial charge in [-0.1, -0.05) is 121 Å². The Morgan fingerprint density at radius 1 is 0.222 bits per heavy atom. The number of fused-ring (bicyclic) bond motifs is 10. The minimum atomic E-state index is -3.19. The van der Waals surface area contributed by atoms with Gasteiger partial charge in [-0.15, -0.1) is 0 Å². The molecule has 0 saturated carbocycles. The molecule has 4 nitrogen and oxygen atoms in total.